The van der Waals surface area contributed by atoms with Gasteiger partial charge in [0.2, 0.25) is 0 Å². The lowest BCUT2D eigenvalue weighted by atomic mass is 10.1. The van der Waals surface area contributed by atoms with Crippen LogP contribution in [0.4, 0.5) is 0 Å². The Morgan fingerprint density at radius 1 is 1.30 bits per heavy atom. The Hall–Kier alpha value is -2.51. The summed E-state index contributed by atoms with van der Waals surface area (Å²) in [6, 6.07) is 9.08. The molecule has 0 aliphatic carbocycles. The molecular formula is C26H28BrIN4O5. The number of aromatic nitrogens is 2. The summed E-state index contributed by atoms with van der Waals surface area (Å²) >= 11 is 5.57. The zero-order valence-electron chi connectivity index (χ0n) is 20.9. The minimum absolute atomic E-state index is 0.0346. The number of hydrogen-bond donors (Lipinski definition) is 0. The van der Waals surface area contributed by atoms with E-state index in [0.717, 1.165) is 14.5 Å². The van der Waals surface area contributed by atoms with E-state index in [1.807, 2.05) is 32.0 Å². The highest BCUT2D eigenvalue weighted by molar-refractivity contribution is 14.1. The second kappa shape index (κ2) is 12.4. The van der Waals surface area contributed by atoms with Gasteiger partial charge in [0.1, 0.15) is 5.82 Å². The van der Waals surface area contributed by atoms with E-state index in [0.29, 0.717) is 60.1 Å². The van der Waals surface area contributed by atoms with Crippen molar-refractivity contribution in [2.75, 3.05) is 40.0 Å². The van der Waals surface area contributed by atoms with Crippen LogP contribution in [0.2, 0.25) is 0 Å². The second-order valence-electron chi connectivity index (χ2n) is 8.62. The summed E-state index contributed by atoms with van der Waals surface area (Å²) in [7, 11) is 1.54. The molecule has 196 valence electrons. The predicted molar refractivity (Wildman–Crippen MR) is 154 cm³/mol. The van der Waals surface area contributed by atoms with Gasteiger partial charge in [0.25, 0.3) is 11.5 Å². The van der Waals surface area contributed by atoms with E-state index in [2.05, 4.69) is 43.6 Å². The van der Waals surface area contributed by atoms with Crippen molar-refractivity contribution in [3.05, 3.63) is 60.1 Å². The van der Waals surface area contributed by atoms with Gasteiger partial charge in [0, 0.05) is 23.5 Å². The second-order valence-corrected chi connectivity index (χ2v) is 10.7. The topological polar surface area (TPSA) is 95.3 Å². The number of rotatable bonds is 8. The SMILES string of the molecule is CC[C@H](C)c1nc2ccc(Br)cc2c(=O)n1N=Cc1cc(I)c(OCC(=O)N2CCOCC2)c(OC)c1. The van der Waals surface area contributed by atoms with Gasteiger partial charge in [-0.15, -0.1) is 0 Å². The Bertz CT molecular complexity index is 1390. The quantitative estimate of drug-likeness (QED) is 0.258. The number of ether oxygens (including phenoxy) is 3. The predicted octanol–water partition coefficient (Wildman–Crippen LogP) is 4.41. The number of nitrogens with zero attached hydrogens (tertiary/aromatic N) is 4. The van der Waals surface area contributed by atoms with Crippen LogP contribution in [0.1, 0.15) is 37.6 Å². The number of amides is 1. The molecule has 0 saturated carbocycles. The molecule has 9 nitrogen and oxygen atoms in total. The van der Waals surface area contributed by atoms with Gasteiger partial charge in [0.15, 0.2) is 18.1 Å². The fourth-order valence-electron chi connectivity index (χ4n) is 3.90. The number of methoxy groups -OCH3 is 1. The van der Waals surface area contributed by atoms with Crippen molar-refractivity contribution in [1.82, 2.24) is 14.6 Å². The van der Waals surface area contributed by atoms with E-state index in [-0.39, 0.29) is 24.0 Å². The normalized spacial score (nSPS) is 14.8. The van der Waals surface area contributed by atoms with Crippen LogP contribution in [0, 0.1) is 3.57 Å². The number of morpholine rings is 1. The van der Waals surface area contributed by atoms with Gasteiger partial charge in [-0.05, 0) is 64.9 Å². The maximum Gasteiger partial charge on any atom is 0.282 e. The maximum atomic E-state index is 13.4. The van der Waals surface area contributed by atoms with Crippen LogP contribution in [-0.2, 0) is 9.53 Å². The minimum atomic E-state index is -0.235. The van der Waals surface area contributed by atoms with E-state index < -0.39 is 0 Å². The van der Waals surface area contributed by atoms with Crippen molar-refractivity contribution < 1.29 is 19.0 Å². The number of fused-ring (bicyclic) bond motifs is 1. The highest BCUT2D eigenvalue weighted by Crippen LogP contribution is 2.33. The molecule has 0 N–H and O–H groups in total. The van der Waals surface area contributed by atoms with E-state index in [9.17, 15) is 9.59 Å². The monoisotopic (exact) mass is 682 g/mol. The van der Waals surface area contributed by atoms with Crippen LogP contribution in [0.3, 0.4) is 0 Å². The molecule has 4 rings (SSSR count). The van der Waals surface area contributed by atoms with Crippen LogP contribution >= 0.6 is 38.5 Å². The van der Waals surface area contributed by atoms with Crippen molar-refractivity contribution in [2.24, 2.45) is 5.10 Å². The number of hydrogen-bond acceptors (Lipinski definition) is 7. The van der Waals surface area contributed by atoms with Crippen molar-refractivity contribution in [2.45, 2.75) is 26.2 Å². The standard InChI is InChI=1S/C26H28BrIN4O5/c1-4-16(2)25-30-21-6-5-18(27)13-19(21)26(34)32(25)29-14-17-11-20(28)24(22(12-17)35-3)37-15-23(33)31-7-9-36-10-8-31/h5-6,11-14,16H,4,7-10,15H2,1-3H3/t16-/m0/s1. The van der Waals surface area contributed by atoms with Gasteiger partial charge in [0.05, 0.1) is 41.0 Å². The van der Waals surface area contributed by atoms with Gasteiger partial charge in [-0.25, -0.2) is 4.98 Å². The molecule has 2 aromatic carbocycles. The number of halogens is 2. The Kier molecular flexibility index (Phi) is 9.19. The first-order valence-corrected chi connectivity index (χ1v) is 13.8. The zero-order chi connectivity index (χ0) is 26.5. The Labute approximate surface area is 237 Å². The van der Waals surface area contributed by atoms with E-state index in [1.165, 1.54) is 4.68 Å². The lowest BCUT2D eigenvalue weighted by Gasteiger charge is -2.27. The third-order valence-electron chi connectivity index (χ3n) is 6.16. The summed E-state index contributed by atoms with van der Waals surface area (Å²) in [6.07, 6.45) is 2.41. The van der Waals surface area contributed by atoms with Crippen molar-refractivity contribution >= 4 is 61.5 Å². The Morgan fingerprint density at radius 3 is 2.76 bits per heavy atom. The maximum absolute atomic E-state index is 13.4. The average molecular weight is 683 g/mol. The van der Waals surface area contributed by atoms with Gasteiger partial charge in [-0.3, -0.25) is 9.59 Å². The highest BCUT2D eigenvalue weighted by atomic mass is 127. The molecular weight excluding hydrogens is 655 g/mol. The van der Waals surface area contributed by atoms with Crippen molar-refractivity contribution in [3.63, 3.8) is 0 Å². The fraction of sp³-hybridized carbons (Fsp3) is 0.385. The summed E-state index contributed by atoms with van der Waals surface area (Å²) in [5.74, 6) is 1.49. The molecule has 1 aliphatic heterocycles. The lowest BCUT2D eigenvalue weighted by Crippen LogP contribution is -2.43. The molecule has 2 heterocycles. The van der Waals surface area contributed by atoms with Crippen molar-refractivity contribution in [1.29, 1.82) is 0 Å². The molecule has 0 unspecified atom stereocenters. The summed E-state index contributed by atoms with van der Waals surface area (Å²) in [4.78, 5) is 32.3. The third-order valence-corrected chi connectivity index (χ3v) is 7.46. The van der Waals surface area contributed by atoms with E-state index in [1.54, 1.807) is 30.4 Å². The smallest absolute Gasteiger partial charge is 0.282 e. The van der Waals surface area contributed by atoms with Crippen molar-refractivity contribution in [3.8, 4) is 11.5 Å². The first-order chi connectivity index (χ1) is 17.8. The number of carbonyl (C=O) groups is 1. The van der Waals surface area contributed by atoms with Gasteiger partial charge < -0.3 is 19.1 Å². The largest absolute Gasteiger partial charge is 0.493 e. The molecule has 3 aromatic rings. The molecule has 1 fully saturated rings. The van der Waals surface area contributed by atoms with Crippen LogP contribution in [-0.4, -0.2) is 66.7 Å². The van der Waals surface area contributed by atoms with Crippen LogP contribution in [0.25, 0.3) is 10.9 Å². The number of carbonyl (C=O) groups excluding carboxylic acids is 1. The molecule has 1 aliphatic rings. The fourth-order valence-corrected chi connectivity index (χ4v) is 5.04. The molecule has 1 saturated heterocycles. The molecule has 0 spiro atoms. The van der Waals surface area contributed by atoms with E-state index >= 15 is 0 Å². The zero-order valence-corrected chi connectivity index (χ0v) is 24.6. The van der Waals surface area contributed by atoms with Gasteiger partial charge >= 0.3 is 0 Å². The van der Waals surface area contributed by atoms with Gasteiger partial charge in [-0.1, -0.05) is 29.8 Å². The summed E-state index contributed by atoms with van der Waals surface area (Å²) in [5.41, 5.74) is 1.12. The molecule has 1 aromatic heterocycles. The molecule has 11 heteroatoms. The molecule has 0 bridgehead atoms. The highest BCUT2D eigenvalue weighted by Gasteiger charge is 2.20. The molecule has 37 heavy (non-hydrogen) atoms. The van der Waals surface area contributed by atoms with Gasteiger partial charge in [-0.2, -0.15) is 9.78 Å². The van der Waals surface area contributed by atoms with E-state index in [4.69, 9.17) is 19.2 Å². The van der Waals surface area contributed by atoms with Crippen LogP contribution in [0.5, 0.6) is 11.5 Å². The molecule has 0 radical (unpaired) electrons. The average Bonchev–Trinajstić information content (AvgIpc) is 2.91. The Morgan fingerprint density at radius 2 is 2.05 bits per heavy atom. The Balaban J connectivity index is 1.63. The molecule has 1 atom stereocenters. The third kappa shape index (κ3) is 6.32. The first kappa shape index (κ1) is 27.5. The summed E-state index contributed by atoms with van der Waals surface area (Å²) in [6.45, 7) is 6.17. The first-order valence-electron chi connectivity index (χ1n) is 11.9. The number of benzene rings is 2. The summed E-state index contributed by atoms with van der Waals surface area (Å²) < 4.78 is 19.6. The lowest BCUT2D eigenvalue weighted by molar-refractivity contribution is -0.137. The van der Waals surface area contributed by atoms with Crippen LogP contribution < -0.4 is 15.0 Å². The minimum Gasteiger partial charge on any atom is -0.493 e. The van der Waals surface area contributed by atoms with Crippen LogP contribution in [0.15, 0.2) is 44.7 Å². The summed E-state index contributed by atoms with van der Waals surface area (Å²) in [5, 5.41) is 5.02. The molecule has 1 amide bonds.